The van der Waals surface area contributed by atoms with Gasteiger partial charge in [0, 0.05) is 18.3 Å². The van der Waals surface area contributed by atoms with Crippen LogP contribution >= 0.6 is 0 Å². The number of sulfone groups is 1. The molecule has 2 heterocycles. The monoisotopic (exact) mass is 484 g/mol. The third-order valence-corrected chi connectivity index (χ3v) is 7.38. The van der Waals surface area contributed by atoms with Gasteiger partial charge in [0.25, 0.3) is 5.89 Å². The SMILES string of the molecule is Cc1ccc(S(=O)(=O)Cc2ccc(Cn3cnc(-c4nc(-c5cccc(C)c5)no4)c3)cc2)cc1. The first kappa shape index (κ1) is 22.7. The largest absolute Gasteiger partial charge is 0.332 e. The van der Waals surface area contributed by atoms with Gasteiger partial charge in [0.15, 0.2) is 9.84 Å². The van der Waals surface area contributed by atoms with E-state index in [1.807, 2.05) is 85.3 Å². The van der Waals surface area contributed by atoms with Gasteiger partial charge in [0.1, 0.15) is 5.69 Å². The molecule has 0 amide bonds. The van der Waals surface area contributed by atoms with Crippen LogP contribution in [0.4, 0.5) is 0 Å². The molecule has 176 valence electrons. The van der Waals surface area contributed by atoms with Gasteiger partial charge in [-0.2, -0.15) is 4.98 Å². The van der Waals surface area contributed by atoms with Gasteiger partial charge >= 0.3 is 0 Å². The second-order valence-corrected chi connectivity index (χ2v) is 10.6. The molecule has 35 heavy (non-hydrogen) atoms. The van der Waals surface area contributed by atoms with Crippen molar-refractivity contribution in [3.63, 3.8) is 0 Å². The van der Waals surface area contributed by atoms with Gasteiger partial charge in [-0.05, 0) is 43.2 Å². The van der Waals surface area contributed by atoms with Gasteiger partial charge < -0.3 is 9.09 Å². The number of aryl methyl sites for hydroxylation is 2. The maximum atomic E-state index is 12.7. The van der Waals surface area contributed by atoms with Crippen LogP contribution in [-0.4, -0.2) is 28.1 Å². The number of imidazole rings is 1. The molecule has 2 aromatic heterocycles. The van der Waals surface area contributed by atoms with Gasteiger partial charge in [0.2, 0.25) is 5.82 Å². The van der Waals surface area contributed by atoms with Gasteiger partial charge in [0.05, 0.1) is 17.0 Å². The van der Waals surface area contributed by atoms with Crippen LogP contribution in [0.25, 0.3) is 23.0 Å². The highest BCUT2D eigenvalue weighted by atomic mass is 32.2. The van der Waals surface area contributed by atoms with Crippen LogP contribution in [0.5, 0.6) is 0 Å². The number of aromatic nitrogens is 4. The average Bonchev–Trinajstić information content (AvgIpc) is 3.50. The van der Waals surface area contributed by atoms with Crippen molar-refractivity contribution >= 4 is 9.84 Å². The summed E-state index contributed by atoms with van der Waals surface area (Å²) in [5.41, 5.74) is 5.41. The summed E-state index contributed by atoms with van der Waals surface area (Å²) in [5.74, 6) is 0.845. The molecule has 0 unspecified atom stereocenters. The van der Waals surface area contributed by atoms with E-state index in [-0.39, 0.29) is 5.75 Å². The van der Waals surface area contributed by atoms with Crippen molar-refractivity contribution in [2.75, 3.05) is 0 Å². The maximum absolute atomic E-state index is 12.7. The van der Waals surface area contributed by atoms with Crippen molar-refractivity contribution in [1.82, 2.24) is 19.7 Å². The lowest BCUT2D eigenvalue weighted by molar-refractivity contribution is 0.431. The molecular weight excluding hydrogens is 460 g/mol. The lowest BCUT2D eigenvalue weighted by Gasteiger charge is -2.07. The second-order valence-electron chi connectivity index (χ2n) is 8.61. The standard InChI is InChI=1S/C27H24N4O3S/c1-19-6-12-24(13-7-19)35(32,33)17-22-10-8-21(9-11-22)15-31-16-25(28-18-31)27-29-26(30-34-27)23-5-3-4-20(2)14-23/h3-14,16,18H,15,17H2,1-2H3. The zero-order valence-corrected chi connectivity index (χ0v) is 20.2. The summed E-state index contributed by atoms with van der Waals surface area (Å²) in [7, 11) is -3.39. The zero-order valence-electron chi connectivity index (χ0n) is 19.4. The Bertz CT molecular complexity index is 1570. The Labute approximate surface area is 204 Å². The summed E-state index contributed by atoms with van der Waals surface area (Å²) >= 11 is 0. The van der Waals surface area contributed by atoms with E-state index in [4.69, 9.17) is 4.52 Å². The van der Waals surface area contributed by atoms with Crippen molar-refractivity contribution in [3.8, 4) is 23.0 Å². The minimum atomic E-state index is -3.39. The molecule has 0 atom stereocenters. The molecule has 0 bridgehead atoms. The van der Waals surface area contributed by atoms with Crippen LogP contribution in [0.1, 0.15) is 22.3 Å². The third-order valence-electron chi connectivity index (χ3n) is 5.68. The molecule has 0 aliphatic rings. The fourth-order valence-electron chi connectivity index (χ4n) is 3.79. The van der Waals surface area contributed by atoms with Crippen LogP contribution in [0.15, 0.2) is 94.7 Å². The molecule has 0 saturated carbocycles. The second kappa shape index (κ2) is 9.31. The molecule has 5 rings (SSSR count). The smallest absolute Gasteiger partial charge is 0.278 e. The summed E-state index contributed by atoms with van der Waals surface area (Å²) < 4.78 is 32.7. The Morgan fingerprint density at radius 1 is 0.886 bits per heavy atom. The first-order valence-electron chi connectivity index (χ1n) is 11.2. The van der Waals surface area contributed by atoms with Crippen LogP contribution in [0.2, 0.25) is 0 Å². The number of hydrogen-bond acceptors (Lipinski definition) is 6. The average molecular weight is 485 g/mol. The van der Waals surface area contributed by atoms with Gasteiger partial charge in [-0.3, -0.25) is 0 Å². The molecule has 0 aliphatic carbocycles. The van der Waals surface area contributed by atoms with Crippen LogP contribution in [0, 0.1) is 13.8 Å². The lowest BCUT2D eigenvalue weighted by atomic mass is 10.1. The van der Waals surface area contributed by atoms with Crippen LogP contribution < -0.4 is 0 Å². The first-order chi connectivity index (χ1) is 16.9. The first-order valence-corrected chi connectivity index (χ1v) is 12.8. The van der Waals surface area contributed by atoms with E-state index in [1.54, 1.807) is 18.5 Å². The molecular formula is C27H24N4O3S. The number of rotatable bonds is 7. The Morgan fingerprint density at radius 2 is 1.63 bits per heavy atom. The van der Waals surface area contributed by atoms with Crippen molar-refractivity contribution in [2.24, 2.45) is 0 Å². The molecule has 8 heteroatoms. The van der Waals surface area contributed by atoms with Crippen LogP contribution in [0.3, 0.4) is 0 Å². The third kappa shape index (κ3) is 5.22. The summed E-state index contributed by atoms with van der Waals surface area (Å²) in [4.78, 5) is 9.22. The number of hydrogen-bond donors (Lipinski definition) is 0. The van der Waals surface area contributed by atoms with E-state index in [0.717, 1.165) is 27.8 Å². The fourth-order valence-corrected chi connectivity index (χ4v) is 5.13. The van der Waals surface area contributed by atoms with E-state index >= 15 is 0 Å². The molecule has 0 radical (unpaired) electrons. The molecule has 0 aliphatic heterocycles. The molecule has 5 aromatic rings. The highest BCUT2D eigenvalue weighted by Crippen LogP contribution is 2.22. The molecule has 0 fully saturated rings. The maximum Gasteiger partial charge on any atom is 0.278 e. The predicted octanol–water partition coefficient (Wildman–Crippen LogP) is 5.24. The van der Waals surface area contributed by atoms with Gasteiger partial charge in [-0.25, -0.2) is 13.4 Å². The number of benzene rings is 3. The Kier molecular flexibility index (Phi) is 6.05. The van der Waals surface area contributed by atoms with Gasteiger partial charge in [-0.1, -0.05) is 70.9 Å². The highest BCUT2D eigenvalue weighted by molar-refractivity contribution is 7.90. The van der Waals surface area contributed by atoms with E-state index in [1.165, 1.54) is 0 Å². The van der Waals surface area contributed by atoms with E-state index in [0.29, 0.717) is 28.8 Å². The Morgan fingerprint density at radius 3 is 2.37 bits per heavy atom. The topological polar surface area (TPSA) is 90.9 Å². The zero-order chi connectivity index (χ0) is 24.4. The normalized spacial score (nSPS) is 11.6. The Hall–Kier alpha value is -4.04. The molecule has 0 spiro atoms. The molecule has 7 nitrogen and oxygen atoms in total. The summed E-state index contributed by atoms with van der Waals surface area (Å²) in [6, 6.07) is 22.4. The summed E-state index contributed by atoms with van der Waals surface area (Å²) in [6.45, 7) is 4.53. The minimum absolute atomic E-state index is 0.0357. The Balaban J connectivity index is 1.26. The van der Waals surface area contributed by atoms with Gasteiger partial charge in [-0.15, -0.1) is 0 Å². The lowest BCUT2D eigenvalue weighted by Crippen LogP contribution is -2.05. The summed E-state index contributed by atoms with van der Waals surface area (Å²) in [5, 5.41) is 4.08. The van der Waals surface area contributed by atoms with E-state index in [9.17, 15) is 8.42 Å². The van der Waals surface area contributed by atoms with E-state index in [2.05, 4.69) is 15.1 Å². The number of nitrogens with zero attached hydrogens (tertiary/aromatic N) is 4. The van der Waals surface area contributed by atoms with Crippen molar-refractivity contribution in [2.45, 2.75) is 31.0 Å². The quantitative estimate of drug-likeness (QED) is 0.314. The molecule has 3 aromatic carbocycles. The molecule has 0 saturated heterocycles. The van der Waals surface area contributed by atoms with Crippen molar-refractivity contribution in [3.05, 3.63) is 108 Å². The predicted molar refractivity (Wildman–Crippen MR) is 133 cm³/mol. The van der Waals surface area contributed by atoms with E-state index < -0.39 is 9.84 Å². The highest BCUT2D eigenvalue weighted by Gasteiger charge is 2.16. The van der Waals surface area contributed by atoms with Crippen molar-refractivity contribution in [1.29, 1.82) is 0 Å². The minimum Gasteiger partial charge on any atom is -0.332 e. The molecule has 0 N–H and O–H groups in total. The van der Waals surface area contributed by atoms with Crippen molar-refractivity contribution < 1.29 is 12.9 Å². The van der Waals surface area contributed by atoms with Crippen LogP contribution in [-0.2, 0) is 22.1 Å². The summed E-state index contributed by atoms with van der Waals surface area (Å²) in [6.07, 6.45) is 3.56. The fraction of sp³-hybridized carbons (Fsp3) is 0.148.